The number of ether oxygens (including phenoxy) is 4. The number of aromatic nitrogens is 4. The van der Waals surface area contributed by atoms with E-state index in [-0.39, 0.29) is 5.82 Å². The van der Waals surface area contributed by atoms with Gasteiger partial charge in [0.15, 0.2) is 22.8 Å². The summed E-state index contributed by atoms with van der Waals surface area (Å²) in [6.07, 6.45) is -0.313. The lowest BCUT2D eigenvalue weighted by atomic mass is 10.1. The molecule has 0 aromatic carbocycles. The van der Waals surface area contributed by atoms with Crippen LogP contribution in [0.5, 0.6) is 0 Å². The molecule has 4 rings (SSSR count). The highest BCUT2D eigenvalue weighted by molar-refractivity contribution is 7.98. The summed E-state index contributed by atoms with van der Waals surface area (Å²) in [6, 6.07) is 0. The molecule has 2 saturated heterocycles. The fourth-order valence-electron chi connectivity index (χ4n) is 3.30. The van der Waals surface area contributed by atoms with E-state index in [2.05, 4.69) is 19.3 Å². The molecule has 0 saturated carbocycles. The molecule has 2 aromatic heterocycles. The SMILES string of the molecule is COC1O[C@@H]2[C@H](O1)[C@@H](n1cnc3c(N)nc(SC)nc31)O[C@H]2COP(=O)(O)OP(=O)(O)O. The first-order chi connectivity index (χ1) is 15.0. The average Bonchev–Trinajstić information content (AvgIpc) is 3.37. The van der Waals surface area contributed by atoms with Crippen LogP contribution in [0.4, 0.5) is 5.82 Å². The standard InChI is InChI=1S/C13H19N5O11P2S/c1-24-13-27-7-5(3-25-31(22,23)29-30(19,20)21)26-11(8(7)28-13)18-4-15-6-9(14)16-12(32-2)17-10(6)18/h4-5,7-8,11,13H,3H2,1-2H3,(H,22,23)(H2,14,16,17)(H2,19,20,21)/t5-,7-,8-,11-,13?/m0/s1. The lowest BCUT2D eigenvalue weighted by molar-refractivity contribution is -0.256. The third-order valence-corrected chi connectivity index (χ3v) is 7.21. The number of nitrogens with zero attached hydrogens (tertiary/aromatic N) is 4. The lowest BCUT2D eigenvalue weighted by Crippen LogP contribution is -2.31. The summed E-state index contributed by atoms with van der Waals surface area (Å²) in [5.74, 6) is 0.168. The summed E-state index contributed by atoms with van der Waals surface area (Å²) in [6.45, 7) is -1.67. The number of nitrogens with two attached hydrogens (primary N) is 1. The fraction of sp³-hybridized carbons (Fsp3) is 0.615. The molecule has 0 spiro atoms. The number of fused-ring (bicyclic) bond motifs is 2. The van der Waals surface area contributed by atoms with Crippen LogP contribution in [-0.2, 0) is 36.9 Å². The number of anilines is 1. The van der Waals surface area contributed by atoms with Gasteiger partial charge in [0.05, 0.1) is 12.9 Å². The van der Waals surface area contributed by atoms with Crippen LogP contribution in [0.3, 0.4) is 0 Å². The van der Waals surface area contributed by atoms with E-state index in [1.807, 2.05) is 0 Å². The largest absolute Gasteiger partial charge is 0.481 e. The minimum Gasteiger partial charge on any atom is -0.382 e. The van der Waals surface area contributed by atoms with Gasteiger partial charge in [0.25, 0.3) is 6.48 Å². The summed E-state index contributed by atoms with van der Waals surface area (Å²) >= 11 is 1.28. The van der Waals surface area contributed by atoms with Crippen LogP contribution in [0, 0.1) is 0 Å². The minimum atomic E-state index is -5.27. The van der Waals surface area contributed by atoms with E-state index in [4.69, 9.17) is 39.0 Å². The normalized spacial score (nSPS) is 30.0. The quantitative estimate of drug-likeness (QED) is 0.206. The first-order valence-corrected chi connectivity index (χ1v) is 13.0. The monoisotopic (exact) mass is 515 g/mol. The zero-order valence-electron chi connectivity index (χ0n) is 16.4. The van der Waals surface area contributed by atoms with Crippen molar-refractivity contribution in [3.8, 4) is 0 Å². The number of phosphoric acid groups is 2. The predicted octanol–water partition coefficient (Wildman–Crippen LogP) is -0.0319. The molecule has 2 fully saturated rings. The maximum Gasteiger partial charge on any atom is 0.481 e. The van der Waals surface area contributed by atoms with Crippen molar-refractivity contribution in [2.24, 2.45) is 0 Å². The van der Waals surface area contributed by atoms with Gasteiger partial charge in [0, 0.05) is 7.11 Å². The summed E-state index contributed by atoms with van der Waals surface area (Å²) in [7, 11) is -9.01. The second kappa shape index (κ2) is 8.87. The van der Waals surface area contributed by atoms with E-state index in [1.165, 1.54) is 29.8 Å². The van der Waals surface area contributed by atoms with Crippen LogP contribution < -0.4 is 5.73 Å². The van der Waals surface area contributed by atoms with Gasteiger partial charge in [-0.15, -0.1) is 0 Å². The van der Waals surface area contributed by atoms with Crippen molar-refractivity contribution in [2.75, 3.05) is 25.7 Å². The van der Waals surface area contributed by atoms with Gasteiger partial charge in [-0.1, -0.05) is 11.8 Å². The molecule has 5 N–H and O–H groups in total. The Hall–Kier alpha value is -1.20. The van der Waals surface area contributed by atoms with Crippen LogP contribution in [0.15, 0.2) is 11.5 Å². The Labute approximate surface area is 184 Å². The second-order valence-corrected chi connectivity index (χ2v) is 10.2. The number of hydrogen-bond donors (Lipinski definition) is 4. The fourth-order valence-corrected chi connectivity index (χ4v) is 5.26. The number of phosphoric ester groups is 1. The number of rotatable bonds is 8. The topological polar surface area (TPSA) is 220 Å². The van der Waals surface area contributed by atoms with Gasteiger partial charge in [0.2, 0.25) is 0 Å². The number of methoxy groups -OCH3 is 1. The number of thioether (sulfide) groups is 1. The average molecular weight is 515 g/mol. The first kappa shape index (κ1) is 23.9. The van der Waals surface area contributed by atoms with Gasteiger partial charge in [0.1, 0.15) is 23.8 Å². The van der Waals surface area contributed by atoms with Gasteiger partial charge < -0.3 is 39.4 Å². The minimum absolute atomic E-state index is 0.168. The summed E-state index contributed by atoms with van der Waals surface area (Å²) < 4.78 is 55.0. The van der Waals surface area contributed by atoms with Gasteiger partial charge >= 0.3 is 15.6 Å². The van der Waals surface area contributed by atoms with E-state index >= 15 is 0 Å². The van der Waals surface area contributed by atoms with E-state index in [9.17, 15) is 14.0 Å². The molecular formula is C13H19N5O11P2S. The Morgan fingerprint density at radius 1 is 1.22 bits per heavy atom. The van der Waals surface area contributed by atoms with Crippen LogP contribution in [0.1, 0.15) is 6.23 Å². The maximum atomic E-state index is 11.8. The van der Waals surface area contributed by atoms with Crippen molar-refractivity contribution in [3.63, 3.8) is 0 Å². The Kier molecular flexibility index (Phi) is 6.63. The molecule has 0 amide bonds. The zero-order chi connectivity index (χ0) is 23.3. The molecule has 0 aliphatic carbocycles. The molecule has 2 aromatic rings. The molecule has 0 radical (unpaired) electrons. The third-order valence-electron chi connectivity index (χ3n) is 4.51. The van der Waals surface area contributed by atoms with E-state index in [0.717, 1.165) is 0 Å². The van der Waals surface area contributed by atoms with Crippen molar-refractivity contribution in [1.82, 2.24) is 19.5 Å². The number of imidazole rings is 1. The van der Waals surface area contributed by atoms with Crippen molar-refractivity contribution in [2.45, 2.75) is 36.2 Å². The third kappa shape index (κ3) is 4.84. The number of nitrogen functional groups attached to an aromatic ring is 1. The van der Waals surface area contributed by atoms with Crippen LogP contribution in [-0.4, -0.2) is 79.0 Å². The lowest BCUT2D eigenvalue weighted by Gasteiger charge is -2.21. The molecule has 2 aliphatic heterocycles. The zero-order valence-corrected chi connectivity index (χ0v) is 19.1. The molecule has 0 bridgehead atoms. The second-order valence-electron chi connectivity index (χ2n) is 6.55. The van der Waals surface area contributed by atoms with Crippen LogP contribution in [0.2, 0.25) is 0 Å². The van der Waals surface area contributed by atoms with Gasteiger partial charge in [-0.05, 0) is 6.26 Å². The molecule has 32 heavy (non-hydrogen) atoms. The Balaban J connectivity index is 1.60. The Bertz CT molecular complexity index is 1100. The molecule has 4 heterocycles. The van der Waals surface area contributed by atoms with Crippen LogP contribution >= 0.6 is 27.4 Å². The smallest absolute Gasteiger partial charge is 0.382 e. The summed E-state index contributed by atoms with van der Waals surface area (Å²) in [5, 5.41) is 0.403. The molecular weight excluding hydrogens is 496 g/mol. The molecule has 16 nitrogen and oxygen atoms in total. The highest BCUT2D eigenvalue weighted by Crippen LogP contribution is 2.58. The van der Waals surface area contributed by atoms with Crippen molar-refractivity contribution < 1.29 is 51.6 Å². The molecule has 2 unspecified atom stereocenters. The molecule has 2 aliphatic rings. The van der Waals surface area contributed by atoms with E-state index in [0.29, 0.717) is 16.3 Å². The molecule has 6 atom stereocenters. The van der Waals surface area contributed by atoms with Gasteiger partial charge in [-0.2, -0.15) is 4.31 Å². The van der Waals surface area contributed by atoms with Gasteiger partial charge in [-0.3, -0.25) is 9.09 Å². The molecule has 19 heteroatoms. The van der Waals surface area contributed by atoms with Crippen molar-refractivity contribution in [1.29, 1.82) is 0 Å². The Morgan fingerprint density at radius 2 is 1.94 bits per heavy atom. The number of hydrogen-bond acceptors (Lipinski definition) is 13. The van der Waals surface area contributed by atoms with Crippen molar-refractivity contribution in [3.05, 3.63) is 6.33 Å². The highest BCUT2D eigenvalue weighted by atomic mass is 32.2. The van der Waals surface area contributed by atoms with Crippen LogP contribution in [0.25, 0.3) is 11.2 Å². The van der Waals surface area contributed by atoms with Gasteiger partial charge in [-0.25, -0.2) is 24.1 Å². The van der Waals surface area contributed by atoms with E-state index < -0.39 is 53.3 Å². The maximum absolute atomic E-state index is 11.8. The first-order valence-electron chi connectivity index (χ1n) is 8.79. The summed E-state index contributed by atoms with van der Waals surface area (Å²) in [4.78, 5) is 39.8. The van der Waals surface area contributed by atoms with Crippen molar-refractivity contribution >= 4 is 44.4 Å². The predicted molar refractivity (Wildman–Crippen MR) is 105 cm³/mol. The van der Waals surface area contributed by atoms with E-state index in [1.54, 1.807) is 6.26 Å². The Morgan fingerprint density at radius 3 is 2.59 bits per heavy atom. The molecule has 178 valence electrons. The summed E-state index contributed by atoms with van der Waals surface area (Å²) in [5.41, 5.74) is 6.64. The highest BCUT2D eigenvalue weighted by Gasteiger charge is 2.54.